The number of carbonyl (C=O) groups is 1. The van der Waals surface area contributed by atoms with E-state index in [9.17, 15) is 19.4 Å². The van der Waals surface area contributed by atoms with Crippen LogP contribution in [-0.4, -0.2) is 68.5 Å². The number of hydrogen-bond acceptors (Lipinski definition) is 6. The van der Waals surface area contributed by atoms with E-state index in [4.69, 9.17) is 9.05 Å². The number of carbonyl (C=O) groups excluding carboxylic acids is 1. The molecular weight excluding hydrogens is 792 g/mol. The number of rotatable bonds is 51. The quantitative estimate of drug-likeness (QED) is 0.0358. The van der Waals surface area contributed by atoms with Crippen LogP contribution in [0.1, 0.15) is 284 Å². The van der Waals surface area contributed by atoms with Crippen molar-refractivity contribution in [3.8, 4) is 0 Å². The maximum atomic E-state index is 13.0. The monoisotopic (exact) mass is 901 g/mol. The SMILES string of the molecule is CCCCCCCCCCCCCCCCCCCCCCCCC(=O)NC(COP(=O)([O-])OCC[N+](C)(C)C)C(O)CCCCCCCCCCCCCCCCCCCC. The molecule has 0 saturated carbocycles. The molecule has 0 aromatic carbocycles. The minimum atomic E-state index is -4.56. The van der Waals surface area contributed by atoms with Crippen LogP contribution in [-0.2, 0) is 18.4 Å². The molecule has 0 radical (unpaired) electrons. The smallest absolute Gasteiger partial charge is 0.268 e. The third kappa shape index (κ3) is 47.5. The number of likely N-dealkylation sites (N-methyl/N-ethyl adjacent to an activating group) is 1. The summed E-state index contributed by atoms with van der Waals surface area (Å²) in [5, 5.41) is 14.0. The molecule has 0 bridgehead atoms. The Bertz CT molecular complexity index is 978. The van der Waals surface area contributed by atoms with E-state index in [1.807, 2.05) is 21.1 Å². The Kier molecular flexibility index (Phi) is 45.3. The highest BCUT2D eigenvalue weighted by atomic mass is 31.2. The maximum absolute atomic E-state index is 13.0. The molecule has 62 heavy (non-hydrogen) atoms. The molecule has 0 aliphatic heterocycles. The molecule has 0 aliphatic carbocycles. The molecule has 0 aromatic heterocycles. The van der Waals surface area contributed by atoms with Crippen molar-refractivity contribution in [3.63, 3.8) is 0 Å². The fourth-order valence-electron chi connectivity index (χ4n) is 8.51. The van der Waals surface area contributed by atoms with Crippen LogP contribution in [0.5, 0.6) is 0 Å². The van der Waals surface area contributed by atoms with E-state index in [0.717, 1.165) is 38.5 Å². The van der Waals surface area contributed by atoms with Crippen molar-refractivity contribution in [1.82, 2.24) is 5.32 Å². The van der Waals surface area contributed by atoms with Crippen molar-refractivity contribution in [2.24, 2.45) is 0 Å². The number of hydrogen-bond donors (Lipinski definition) is 2. The lowest BCUT2D eigenvalue weighted by Crippen LogP contribution is -2.46. The first-order valence-electron chi connectivity index (χ1n) is 27.4. The fourth-order valence-corrected chi connectivity index (χ4v) is 9.24. The first-order chi connectivity index (χ1) is 30.0. The second kappa shape index (κ2) is 45.6. The summed E-state index contributed by atoms with van der Waals surface area (Å²) >= 11 is 0. The molecular formula is C53H109N2O6P. The average molecular weight is 901 g/mol. The van der Waals surface area contributed by atoms with Gasteiger partial charge in [0.15, 0.2) is 0 Å². The largest absolute Gasteiger partial charge is 0.756 e. The molecule has 0 heterocycles. The number of aliphatic hydroxyl groups is 1. The van der Waals surface area contributed by atoms with Crippen LogP contribution in [0.4, 0.5) is 0 Å². The van der Waals surface area contributed by atoms with E-state index in [-0.39, 0.29) is 19.1 Å². The van der Waals surface area contributed by atoms with Gasteiger partial charge in [-0.25, -0.2) is 0 Å². The molecule has 0 aliphatic rings. The van der Waals surface area contributed by atoms with Crippen LogP contribution < -0.4 is 10.2 Å². The highest BCUT2D eigenvalue weighted by Gasteiger charge is 2.24. The van der Waals surface area contributed by atoms with Crippen molar-refractivity contribution in [2.75, 3.05) is 40.9 Å². The Morgan fingerprint density at radius 3 is 1.10 bits per heavy atom. The summed E-state index contributed by atoms with van der Waals surface area (Å²) in [5.41, 5.74) is 0. The highest BCUT2D eigenvalue weighted by molar-refractivity contribution is 7.45. The molecule has 0 fully saturated rings. The lowest BCUT2D eigenvalue weighted by Gasteiger charge is -2.30. The van der Waals surface area contributed by atoms with Crippen LogP contribution in [0.15, 0.2) is 0 Å². The number of amides is 1. The first kappa shape index (κ1) is 61.5. The summed E-state index contributed by atoms with van der Waals surface area (Å²) in [5.74, 6) is -0.157. The summed E-state index contributed by atoms with van der Waals surface area (Å²) in [6.45, 7) is 4.77. The Hall–Kier alpha value is -0.500. The molecule has 0 saturated heterocycles. The van der Waals surface area contributed by atoms with E-state index in [1.54, 1.807) is 0 Å². The summed E-state index contributed by atoms with van der Waals surface area (Å²) < 4.78 is 23.4. The number of quaternary nitrogens is 1. The molecule has 372 valence electrons. The van der Waals surface area contributed by atoms with Gasteiger partial charge in [0.25, 0.3) is 7.82 Å². The molecule has 3 atom stereocenters. The van der Waals surface area contributed by atoms with Gasteiger partial charge >= 0.3 is 0 Å². The van der Waals surface area contributed by atoms with Gasteiger partial charge in [0.05, 0.1) is 39.9 Å². The van der Waals surface area contributed by atoms with Gasteiger partial charge in [0, 0.05) is 6.42 Å². The first-order valence-corrected chi connectivity index (χ1v) is 28.8. The summed E-state index contributed by atoms with van der Waals surface area (Å²) in [6, 6.07) is -0.794. The van der Waals surface area contributed by atoms with Crippen LogP contribution >= 0.6 is 7.82 Å². The molecule has 3 unspecified atom stereocenters. The second-order valence-corrected chi connectivity index (χ2v) is 21.7. The number of nitrogens with zero attached hydrogens (tertiary/aromatic N) is 1. The third-order valence-corrected chi connectivity index (χ3v) is 13.8. The Labute approximate surface area is 387 Å². The Morgan fingerprint density at radius 2 is 0.790 bits per heavy atom. The topological polar surface area (TPSA) is 108 Å². The molecule has 9 heteroatoms. The van der Waals surface area contributed by atoms with Crippen molar-refractivity contribution in [1.29, 1.82) is 0 Å². The second-order valence-electron chi connectivity index (χ2n) is 20.3. The summed E-state index contributed by atoms with van der Waals surface area (Å²) in [6.07, 6.45) is 52.6. The van der Waals surface area contributed by atoms with E-state index in [0.29, 0.717) is 23.9 Å². The van der Waals surface area contributed by atoms with Crippen LogP contribution in [0.3, 0.4) is 0 Å². The zero-order valence-corrected chi connectivity index (χ0v) is 43.3. The fraction of sp³-hybridized carbons (Fsp3) is 0.981. The van der Waals surface area contributed by atoms with E-state index < -0.39 is 20.0 Å². The van der Waals surface area contributed by atoms with Crippen LogP contribution in [0, 0.1) is 0 Å². The molecule has 8 nitrogen and oxygen atoms in total. The molecule has 0 spiro atoms. The van der Waals surface area contributed by atoms with Gasteiger partial charge in [0.2, 0.25) is 5.91 Å². The molecule has 1 amide bonds. The summed E-state index contributed by atoms with van der Waals surface area (Å²) in [7, 11) is 1.32. The number of nitrogens with one attached hydrogen (secondary N) is 1. The number of phosphoric ester groups is 1. The van der Waals surface area contributed by atoms with Crippen molar-refractivity contribution in [2.45, 2.75) is 296 Å². The van der Waals surface area contributed by atoms with Gasteiger partial charge in [-0.05, 0) is 12.8 Å². The van der Waals surface area contributed by atoms with E-state index in [2.05, 4.69) is 19.2 Å². The minimum absolute atomic E-state index is 0.0165. The average Bonchev–Trinajstić information content (AvgIpc) is 3.23. The number of aliphatic hydroxyl groups excluding tert-OH is 1. The lowest BCUT2D eigenvalue weighted by molar-refractivity contribution is -0.870. The van der Waals surface area contributed by atoms with Crippen LogP contribution in [0.25, 0.3) is 0 Å². The maximum Gasteiger partial charge on any atom is 0.268 e. The normalized spacial score (nSPS) is 14.0. The van der Waals surface area contributed by atoms with Gasteiger partial charge in [-0.1, -0.05) is 264 Å². The zero-order chi connectivity index (χ0) is 45.7. The number of phosphoric acid groups is 1. The van der Waals surface area contributed by atoms with Gasteiger partial charge in [-0.2, -0.15) is 0 Å². The zero-order valence-electron chi connectivity index (χ0n) is 42.4. The van der Waals surface area contributed by atoms with E-state index in [1.165, 1.54) is 218 Å². The van der Waals surface area contributed by atoms with Crippen molar-refractivity contribution < 1.29 is 32.9 Å². The molecule has 0 aromatic rings. The van der Waals surface area contributed by atoms with Gasteiger partial charge in [0.1, 0.15) is 13.2 Å². The van der Waals surface area contributed by atoms with E-state index >= 15 is 0 Å². The lowest BCUT2D eigenvalue weighted by atomic mass is 10.0. The highest BCUT2D eigenvalue weighted by Crippen LogP contribution is 2.38. The standard InChI is InChI=1S/C53H109N2O6P/c1-6-8-10-12-14-16-18-20-22-24-26-27-28-29-31-33-35-37-39-41-43-45-47-53(57)54-51(50-61-62(58,59)60-49-48-55(3,4)5)52(56)46-44-42-40-38-36-34-32-30-25-23-21-19-17-15-13-11-9-7-2/h51-52,56H,6-50H2,1-5H3,(H-,54,57,58,59). The van der Waals surface area contributed by atoms with Crippen molar-refractivity contribution >= 4 is 13.7 Å². The predicted octanol–water partition coefficient (Wildman–Crippen LogP) is 15.5. The van der Waals surface area contributed by atoms with Gasteiger partial charge < -0.3 is 28.8 Å². The third-order valence-electron chi connectivity index (χ3n) is 12.8. The molecule has 0 rings (SSSR count). The number of unbranched alkanes of at least 4 members (excludes halogenated alkanes) is 38. The van der Waals surface area contributed by atoms with Crippen molar-refractivity contribution in [3.05, 3.63) is 0 Å². The van der Waals surface area contributed by atoms with Gasteiger partial charge in [-0.3, -0.25) is 9.36 Å². The predicted molar refractivity (Wildman–Crippen MR) is 266 cm³/mol. The summed E-state index contributed by atoms with van der Waals surface area (Å²) in [4.78, 5) is 25.5. The Morgan fingerprint density at radius 1 is 0.500 bits per heavy atom. The Balaban J connectivity index is 4.16. The van der Waals surface area contributed by atoms with Gasteiger partial charge in [-0.15, -0.1) is 0 Å². The minimum Gasteiger partial charge on any atom is -0.756 e. The van der Waals surface area contributed by atoms with Crippen LogP contribution in [0.2, 0.25) is 0 Å². The molecule has 2 N–H and O–H groups in total.